The van der Waals surface area contributed by atoms with Crippen LogP contribution < -0.4 is 0 Å². The van der Waals surface area contributed by atoms with E-state index in [-0.39, 0.29) is 18.6 Å². The molecule has 0 fully saturated rings. The van der Waals surface area contributed by atoms with Gasteiger partial charge in [-0.05, 0) is 12.5 Å². The molecule has 0 aromatic heterocycles. The fourth-order valence-electron chi connectivity index (χ4n) is 2.60. The van der Waals surface area contributed by atoms with Crippen LogP contribution in [0, 0.1) is 0 Å². The van der Waals surface area contributed by atoms with E-state index >= 15 is 0 Å². The van der Waals surface area contributed by atoms with E-state index < -0.39 is 54.4 Å². The molecule has 0 N–H and O–H groups in total. The highest BCUT2D eigenvalue weighted by molar-refractivity contribution is 5.81. The SMILES string of the molecule is COC(=O)[C@]1(OC(C)=O)CCC=C([C@H](OC(C)=O)[C@@H](COC(C)=O)OC(C)=O)O1. The fraction of sp³-hybridized carbons (Fsp3) is 0.611. The number of hydrogen-bond acceptors (Lipinski definition) is 11. The quantitative estimate of drug-likeness (QED) is 0.404. The third-order valence-corrected chi connectivity index (χ3v) is 3.59. The summed E-state index contributed by atoms with van der Waals surface area (Å²) in [5.74, 6) is -6.19. The van der Waals surface area contributed by atoms with Crippen molar-refractivity contribution in [3.05, 3.63) is 11.8 Å². The first-order valence-corrected chi connectivity index (χ1v) is 8.65. The van der Waals surface area contributed by atoms with Crippen LogP contribution in [-0.2, 0) is 52.4 Å². The van der Waals surface area contributed by atoms with Crippen molar-refractivity contribution < 1.29 is 52.4 Å². The molecule has 0 radical (unpaired) electrons. The van der Waals surface area contributed by atoms with Gasteiger partial charge >= 0.3 is 35.6 Å². The van der Waals surface area contributed by atoms with Crippen LogP contribution in [0.15, 0.2) is 11.8 Å². The molecule has 0 amide bonds. The molecule has 0 bridgehead atoms. The lowest BCUT2D eigenvalue weighted by Crippen LogP contribution is -2.50. The van der Waals surface area contributed by atoms with E-state index in [1.807, 2.05) is 0 Å². The fourth-order valence-corrected chi connectivity index (χ4v) is 2.60. The Balaban J connectivity index is 3.28. The predicted molar refractivity (Wildman–Crippen MR) is 92.7 cm³/mol. The number of rotatable bonds is 8. The van der Waals surface area contributed by atoms with Crippen molar-refractivity contribution in [2.75, 3.05) is 13.7 Å². The van der Waals surface area contributed by atoms with Crippen LogP contribution in [0.5, 0.6) is 0 Å². The van der Waals surface area contributed by atoms with Gasteiger partial charge in [0.05, 0.1) is 7.11 Å². The smallest absolute Gasteiger partial charge is 0.392 e. The summed E-state index contributed by atoms with van der Waals surface area (Å²) < 4.78 is 30.5. The van der Waals surface area contributed by atoms with Crippen molar-refractivity contribution in [3.63, 3.8) is 0 Å². The lowest BCUT2D eigenvalue weighted by atomic mass is 10.0. The number of esters is 5. The van der Waals surface area contributed by atoms with E-state index in [4.69, 9.17) is 23.7 Å². The number of ether oxygens (including phenoxy) is 6. The summed E-state index contributed by atoms with van der Waals surface area (Å²) in [5.41, 5.74) is 0. The molecule has 0 aliphatic carbocycles. The van der Waals surface area contributed by atoms with Crippen molar-refractivity contribution in [3.8, 4) is 0 Å². The predicted octanol–water partition coefficient (Wildman–Crippen LogP) is 0.540. The Labute approximate surface area is 167 Å². The zero-order valence-electron chi connectivity index (χ0n) is 16.8. The van der Waals surface area contributed by atoms with Gasteiger partial charge in [0.15, 0.2) is 12.2 Å². The molecular weight excluding hydrogens is 392 g/mol. The van der Waals surface area contributed by atoms with Crippen LogP contribution in [0.2, 0.25) is 0 Å². The molecule has 0 saturated heterocycles. The zero-order valence-corrected chi connectivity index (χ0v) is 16.8. The van der Waals surface area contributed by atoms with Crippen molar-refractivity contribution in [1.82, 2.24) is 0 Å². The molecular formula is C18H24O11. The summed E-state index contributed by atoms with van der Waals surface area (Å²) in [6.45, 7) is 3.99. The van der Waals surface area contributed by atoms with Crippen LogP contribution in [0.1, 0.15) is 40.5 Å². The van der Waals surface area contributed by atoms with Gasteiger partial charge in [0.25, 0.3) is 0 Å². The van der Waals surface area contributed by atoms with Gasteiger partial charge in [-0.15, -0.1) is 0 Å². The average molecular weight is 416 g/mol. The summed E-state index contributed by atoms with van der Waals surface area (Å²) in [4.78, 5) is 58.1. The van der Waals surface area contributed by atoms with Crippen molar-refractivity contribution in [2.24, 2.45) is 0 Å². The summed E-state index contributed by atoms with van der Waals surface area (Å²) in [6, 6.07) is 0. The number of allylic oxidation sites excluding steroid dienone is 1. The topological polar surface area (TPSA) is 141 Å². The van der Waals surface area contributed by atoms with Gasteiger partial charge in [-0.25, -0.2) is 4.79 Å². The third kappa shape index (κ3) is 7.09. The highest BCUT2D eigenvalue weighted by Gasteiger charge is 2.50. The second kappa shape index (κ2) is 10.4. The molecule has 11 heteroatoms. The molecule has 0 spiro atoms. The van der Waals surface area contributed by atoms with Crippen LogP contribution >= 0.6 is 0 Å². The maximum Gasteiger partial charge on any atom is 0.392 e. The van der Waals surface area contributed by atoms with Gasteiger partial charge < -0.3 is 28.4 Å². The Bertz CT molecular complexity index is 696. The highest BCUT2D eigenvalue weighted by atomic mass is 16.8. The summed E-state index contributed by atoms with van der Waals surface area (Å²) in [7, 11) is 1.08. The van der Waals surface area contributed by atoms with E-state index in [0.717, 1.165) is 34.8 Å². The number of carbonyl (C=O) groups is 5. The Morgan fingerprint density at radius 1 is 1.00 bits per heavy atom. The molecule has 0 aromatic carbocycles. The van der Waals surface area contributed by atoms with Crippen molar-refractivity contribution >= 4 is 29.8 Å². The Kier molecular flexibility index (Phi) is 8.61. The Morgan fingerprint density at radius 3 is 2.10 bits per heavy atom. The minimum atomic E-state index is -2.11. The summed E-state index contributed by atoms with van der Waals surface area (Å²) in [6.07, 6.45) is -1.07. The van der Waals surface area contributed by atoms with E-state index in [0.29, 0.717) is 0 Å². The van der Waals surface area contributed by atoms with Crippen molar-refractivity contribution in [2.45, 2.75) is 58.5 Å². The molecule has 11 nitrogen and oxygen atoms in total. The molecule has 0 unspecified atom stereocenters. The molecule has 1 aliphatic heterocycles. The van der Waals surface area contributed by atoms with Gasteiger partial charge in [0.1, 0.15) is 12.4 Å². The van der Waals surface area contributed by atoms with Crippen LogP contribution in [0.4, 0.5) is 0 Å². The van der Waals surface area contributed by atoms with Gasteiger partial charge in [-0.1, -0.05) is 0 Å². The lowest BCUT2D eigenvalue weighted by molar-refractivity contribution is -0.241. The molecule has 1 rings (SSSR count). The second-order valence-corrected chi connectivity index (χ2v) is 6.07. The zero-order chi connectivity index (χ0) is 22.2. The molecule has 29 heavy (non-hydrogen) atoms. The maximum absolute atomic E-state index is 12.3. The molecule has 1 heterocycles. The number of methoxy groups -OCH3 is 1. The van der Waals surface area contributed by atoms with Gasteiger partial charge in [-0.3, -0.25) is 19.2 Å². The minimum Gasteiger partial charge on any atom is -0.463 e. The molecule has 0 saturated carbocycles. The highest BCUT2D eigenvalue weighted by Crippen LogP contribution is 2.34. The van der Waals surface area contributed by atoms with Crippen LogP contribution in [0.25, 0.3) is 0 Å². The first kappa shape index (κ1) is 23.9. The van der Waals surface area contributed by atoms with E-state index in [1.54, 1.807) is 0 Å². The summed E-state index contributed by atoms with van der Waals surface area (Å²) in [5, 5.41) is 0. The number of hydrogen-bond donors (Lipinski definition) is 0. The molecule has 1 aliphatic rings. The standard InChI is InChI=1S/C18H24O11/c1-10(19)25-9-15(26-11(2)20)16(27-12(3)21)14-7-6-8-18(29-14,17(23)24-5)28-13(4)22/h7,15-16H,6,8-9H2,1-5H3/t15-,16+,18+/m1/s1. The normalized spacial score (nSPS) is 20.1. The van der Waals surface area contributed by atoms with Crippen LogP contribution in [-0.4, -0.2) is 61.6 Å². The number of carbonyl (C=O) groups excluding carboxylic acids is 5. The molecule has 3 atom stereocenters. The summed E-state index contributed by atoms with van der Waals surface area (Å²) >= 11 is 0. The molecule has 162 valence electrons. The second-order valence-electron chi connectivity index (χ2n) is 6.07. The van der Waals surface area contributed by atoms with Gasteiger partial charge in [-0.2, -0.15) is 0 Å². The first-order valence-electron chi connectivity index (χ1n) is 8.65. The van der Waals surface area contributed by atoms with E-state index in [9.17, 15) is 24.0 Å². The largest absolute Gasteiger partial charge is 0.463 e. The maximum atomic E-state index is 12.3. The Morgan fingerprint density at radius 2 is 1.62 bits per heavy atom. The minimum absolute atomic E-state index is 0.0578. The Hall–Kier alpha value is -3.11. The van der Waals surface area contributed by atoms with Gasteiger partial charge in [0, 0.05) is 34.1 Å². The average Bonchev–Trinajstić information content (AvgIpc) is 2.61. The third-order valence-electron chi connectivity index (χ3n) is 3.59. The first-order chi connectivity index (χ1) is 13.5. The van der Waals surface area contributed by atoms with Crippen molar-refractivity contribution in [1.29, 1.82) is 0 Å². The molecule has 0 aromatic rings. The van der Waals surface area contributed by atoms with E-state index in [2.05, 4.69) is 4.74 Å². The van der Waals surface area contributed by atoms with Gasteiger partial charge in [0.2, 0.25) is 0 Å². The lowest BCUT2D eigenvalue weighted by Gasteiger charge is -2.37. The van der Waals surface area contributed by atoms with Crippen LogP contribution in [0.3, 0.4) is 0 Å². The monoisotopic (exact) mass is 416 g/mol. The van der Waals surface area contributed by atoms with E-state index in [1.165, 1.54) is 6.08 Å².